The van der Waals surface area contributed by atoms with Crippen LogP contribution in [0.5, 0.6) is 0 Å². The minimum Gasteiger partial charge on any atom is -0.352 e. The molecule has 17 heteroatoms. The van der Waals surface area contributed by atoms with Gasteiger partial charge in [-0.3, -0.25) is 44.0 Å². The molecule has 1 unspecified atom stereocenters. The Hall–Kier alpha value is -8.05. The number of amides is 5. The highest BCUT2D eigenvalue weighted by atomic mass is 32.1. The van der Waals surface area contributed by atoms with Crippen molar-refractivity contribution in [3.8, 4) is 11.1 Å². The lowest BCUT2D eigenvalue weighted by molar-refractivity contribution is -0.134. The highest BCUT2D eigenvalue weighted by molar-refractivity contribution is 7.22. The maximum atomic E-state index is 14.3. The van der Waals surface area contributed by atoms with Crippen LogP contribution in [0.1, 0.15) is 67.7 Å². The number of fused-ring (bicyclic) bond motifs is 3. The smallest absolute Gasteiger partial charge is 0.271 e. The Kier molecular flexibility index (Phi) is 11.1. The fraction of sp³-hybridized carbons (Fsp3) is 0.204. The van der Waals surface area contributed by atoms with Gasteiger partial charge in [0.2, 0.25) is 17.7 Å². The molecule has 6 heterocycles. The van der Waals surface area contributed by atoms with Crippen molar-refractivity contribution in [1.29, 1.82) is 0 Å². The minimum atomic E-state index is -0.563. The number of carbonyl (C=O) groups excluding carboxylic acids is 5. The Bertz CT molecular complexity index is 3210. The summed E-state index contributed by atoms with van der Waals surface area (Å²) in [6, 6.07) is 32.4. The zero-order chi connectivity index (χ0) is 45.5. The molecule has 5 amide bonds. The van der Waals surface area contributed by atoms with E-state index in [0.717, 1.165) is 43.6 Å². The topological polar surface area (TPSA) is 198 Å². The molecule has 2 aliphatic heterocycles. The molecular weight excluding hydrogens is 855 g/mol. The Morgan fingerprint density at radius 2 is 1.70 bits per heavy atom. The molecule has 1 saturated heterocycles. The SMILES string of the molecule is Cc1c(-c2ccc(N3CCc4cccc(C(=O)Nc5nc6ccccc6s5)c4C3)nc2C(=O)NCC(=O)Nc2ccc3c(C4CCC(=O)NC4=O)nn(C)c3c2)cnn1Cc1ccccc1. The van der Waals surface area contributed by atoms with E-state index in [0.29, 0.717) is 71.5 Å². The number of thiazole rings is 1. The summed E-state index contributed by atoms with van der Waals surface area (Å²) in [5, 5.41) is 21.6. The summed E-state index contributed by atoms with van der Waals surface area (Å²) >= 11 is 1.42. The summed E-state index contributed by atoms with van der Waals surface area (Å²) in [6.07, 6.45) is 2.97. The number of nitrogens with zero attached hydrogens (tertiary/aromatic N) is 7. The van der Waals surface area contributed by atoms with Crippen LogP contribution in [0.4, 0.5) is 16.6 Å². The van der Waals surface area contributed by atoms with E-state index < -0.39 is 17.7 Å². The van der Waals surface area contributed by atoms with Crippen molar-refractivity contribution < 1.29 is 24.0 Å². The van der Waals surface area contributed by atoms with E-state index in [2.05, 4.69) is 41.3 Å². The third-order valence-corrected chi connectivity index (χ3v) is 13.1. The molecule has 0 saturated carbocycles. The van der Waals surface area contributed by atoms with Crippen molar-refractivity contribution in [2.45, 2.75) is 45.2 Å². The Balaban J connectivity index is 0.898. The average molecular weight is 898 g/mol. The van der Waals surface area contributed by atoms with Gasteiger partial charge in [-0.1, -0.05) is 65.9 Å². The Morgan fingerprint density at radius 1 is 0.864 bits per heavy atom. The van der Waals surface area contributed by atoms with Crippen LogP contribution >= 0.6 is 11.3 Å². The standard InChI is InChI=1S/C49H43N11O5S/c1-28-36(24-51-60(28)26-29-9-4-3-5-10-29)32-17-19-41(59-22-21-30-11-8-12-33(37(30)27-59)46(63)56-49-53-38-13-6-7-14-40(38)66-49)54-45(32)48(65)50-25-43(62)52-31-15-16-34-39(23-31)58(2)57-44(34)35-18-20-42(61)55-47(35)64/h3-17,19,23-24,35H,18,20-22,25-27H2,1-2H3,(H,50,65)(H,52,62)(H,53,56,63)(H,55,61,64). The molecule has 16 nitrogen and oxygen atoms in total. The lowest BCUT2D eigenvalue weighted by Gasteiger charge is -2.31. The van der Waals surface area contributed by atoms with Crippen LogP contribution in [-0.2, 0) is 40.9 Å². The van der Waals surface area contributed by atoms with Crippen LogP contribution < -0.4 is 26.2 Å². The van der Waals surface area contributed by atoms with Gasteiger partial charge in [-0.15, -0.1) is 0 Å². The summed E-state index contributed by atoms with van der Waals surface area (Å²) in [5.41, 5.74) is 8.30. The quantitative estimate of drug-likeness (QED) is 0.104. The highest BCUT2D eigenvalue weighted by Gasteiger charge is 2.32. The van der Waals surface area contributed by atoms with Crippen molar-refractivity contribution in [2.75, 3.05) is 28.6 Å². The third kappa shape index (κ3) is 8.27. The summed E-state index contributed by atoms with van der Waals surface area (Å²) < 4.78 is 4.49. The Labute approximate surface area is 382 Å². The van der Waals surface area contributed by atoms with Gasteiger partial charge in [0.1, 0.15) is 11.5 Å². The average Bonchev–Trinajstić information content (AvgIpc) is 4.01. The molecule has 1 atom stereocenters. The number of benzene rings is 4. The zero-order valence-corrected chi connectivity index (χ0v) is 36.8. The maximum absolute atomic E-state index is 14.3. The second-order valence-corrected chi connectivity index (χ2v) is 17.4. The minimum absolute atomic E-state index is 0.118. The third-order valence-electron chi connectivity index (χ3n) is 12.2. The van der Waals surface area contributed by atoms with Gasteiger partial charge >= 0.3 is 0 Å². The van der Waals surface area contributed by atoms with Gasteiger partial charge in [0.05, 0.1) is 46.6 Å². The maximum Gasteiger partial charge on any atom is 0.271 e. The molecule has 4 aromatic heterocycles. The van der Waals surface area contributed by atoms with E-state index in [1.165, 1.54) is 11.3 Å². The van der Waals surface area contributed by atoms with Crippen molar-refractivity contribution in [1.82, 2.24) is 40.2 Å². The van der Waals surface area contributed by atoms with Crippen molar-refractivity contribution in [3.05, 3.63) is 149 Å². The number of hydrogen-bond acceptors (Lipinski definition) is 11. The fourth-order valence-corrected chi connectivity index (χ4v) is 9.61. The normalized spacial score (nSPS) is 14.8. The molecule has 0 radical (unpaired) electrons. The molecule has 2 aliphatic rings. The molecule has 0 bridgehead atoms. The number of hydrogen-bond donors (Lipinski definition) is 4. The van der Waals surface area contributed by atoms with E-state index in [-0.39, 0.29) is 36.4 Å². The second kappa shape index (κ2) is 17.5. The first-order chi connectivity index (χ1) is 32.1. The van der Waals surface area contributed by atoms with Crippen LogP contribution in [0.2, 0.25) is 0 Å². The highest BCUT2D eigenvalue weighted by Crippen LogP contribution is 2.34. The van der Waals surface area contributed by atoms with E-state index >= 15 is 0 Å². The summed E-state index contributed by atoms with van der Waals surface area (Å²) in [7, 11) is 1.75. The predicted octanol–water partition coefficient (Wildman–Crippen LogP) is 6.50. The number of piperidine rings is 1. The number of para-hydroxylation sites is 1. The molecule has 10 rings (SSSR count). The lowest BCUT2D eigenvalue weighted by Crippen LogP contribution is -2.39. The zero-order valence-electron chi connectivity index (χ0n) is 36.0. The van der Waals surface area contributed by atoms with Crippen LogP contribution in [0.15, 0.2) is 109 Å². The summed E-state index contributed by atoms with van der Waals surface area (Å²) in [6.45, 7) is 3.09. The summed E-state index contributed by atoms with van der Waals surface area (Å²) in [4.78, 5) is 77.6. The Morgan fingerprint density at radius 3 is 2.53 bits per heavy atom. The molecule has 4 aromatic carbocycles. The van der Waals surface area contributed by atoms with Crippen LogP contribution in [-0.4, -0.2) is 72.2 Å². The van der Waals surface area contributed by atoms with Gasteiger partial charge in [-0.2, -0.15) is 10.2 Å². The van der Waals surface area contributed by atoms with Gasteiger partial charge in [0, 0.05) is 60.0 Å². The first kappa shape index (κ1) is 41.9. The molecule has 4 N–H and O–H groups in total. The largest absolute Gasteiger partial charge is 0.352 e. The van der Waals surface area contributed by atoms with Gasteiger partial charge in [-0.05, 0) is 85.0 Å². The predicted molar refractivity (Wildman–Crippen MR) is 251 cm³/mol. The fourth-order valence-electron chi connectivity index (χ4n) is 8.75. The van der Waals surface area contributed by atoms with Crippen LogP contribution in [0.3, 0.4) is 0 Å². The molecule has 66 heavy (non-hydrogen) atoms. The summed E-state index contributed by atoms with van der Waals surface area (Å²) in [5.74, 6) is -1.98. The molecule has 330 valence electrons. The first-order valence-electron chi connectivity index (χ1n) is 21.5. The van der Waals surface area contributed by atoms with E-state index in [4.69, 9.17) is 4.98 Å². The lowest BCUT2D eigenvalue weighted by atomic mass is 9.93. The van der Waals surface area contributed by atoms with Crippen molar-refractivity contribution in [2.24, 2.45) is 7.05 Å². The molecule has 0 aliphatic carbocycles. The second-order valence-electron chi connectivity index (χ2n) is 16.4. The van der Waals surface area contributed by atoms with Crippen LogP contribution in [0, 0.1) is 6.92 Å². The van der Waals surface area contributed by atoms with Gasteiger partial charge in [0.15, 0.2) is 5.13 Å². The molecule has 0 spiro atoms. The number of aromatic nitrogens is 6. The monoisotopic (exact) mass is 897 g/mol. The number of imide groups is 1. The number of carbonyl (C=O) groups is 5. The van der Waals surface area contributed by atoms with Gasteiger partial charge in [-0.25, -0.2) is 9.97 Å². The van der Waals surface area contributed by atoms with Gasteiger partial charge < -0.3 is 15.5 Å². The van der Waals surface area contributed by atoms with E-state index in [9.17, 15) is 24.0 Å². The molecule has 8 aromatic rings. The number of rotatable bonds is 11. The van der Waals surface area contributed by atoms with Crippen molar-refractivity contribution >= 4 is 78.6 Å². The molecular formula is C49H43N11O5S. The van der Waals surface area contributed by atoms with E-state index in [1.54, 1.807) is 36.1 Å². The van der Waals surface area contributed by atoms with Crippen LogP contribution in [0.25, 0.3) is 32.2 Å². The molecule has 1 fully saturated rings. The number of anilines is 3. The van der Waals surface area contributed by atoms with Gasteiger partial charge in [0.25, 0.3) is 11.8 Å². The van der Waals surface area contributed by atoms with E-state index in [1.807, 2.05) is 96.5 Å². The number of aryl methyl sites for hydroxylation is 1. The number of pyridine rings is 1. The number of nitrogens with one attached hydrogen (secondary N) is 4. The first-order valence-corrected chi connectivity index (χ1v) is 22.4. The van der Waals surface area contributed by atoms with Crippen molar-refractivity contribution in [3.63, 3.8) is 0 Å².